The van der Waals surface area contributed by atoms with E-state index in [4.69, 9.17) is 16.0 Å². The van der Waals surface area contributed by atoms with Crippen molar-refractivity contribution in [1.82, 2.24) is 0 Å². The second-order valence-electron chi connectivity index (χ2n) is 0.415. The molecule has 7 heavy (non-hydrogen) atoms. The van der Waals surface area contributed by atoms with E-state index in [0.29, 0.717) is 0 Å². The zero-order valence-corrected chi connectivity index (χ0v) is 5.73. The molecule has 0 aromatic heterocycles. The number of hydrogen-bond acceptors (Lipinski definition) is 2. The number of hydrogen-bond donors (Lipinski definition) is 2. The van der Waals surface area contributed by atoms with Crippen LogP contribution in [0.4, 0.5) is 0 Å². The summed E-state index contributed by atoms with van der Waals surface area (Å²) in [5.41, 5.74) is 0. The van der Waals surface area contributed by atoms with E-state index in [1.54, 1.807) is 0 Å². The molecule has 0 heterocycles. The molecule has 7 heteroatoms. The van der Waals surface area contributed by atoms with Crippen LogP contribution in [0.2, 0.25) is 0 Å². The average Bonchev–Trinajstić information content (AvgIpc) is 0.722. The van der Waals surface area contributed by atoms with Gasteiger partial charge in [0.05, 0.1) is 0 Å². The molecule has 0 spiro atoms. The summed E-state index contributed by atoms with van der Waals surface area (Å²) in [6.07, 6.45) is 0. The monoisotopic (exact) mass is 185 g/mol. The summed E-state index contributed by atoms with van der Waals surface area (Å²) in [4.78, 5) is 0. The van der Waals surface area contributed by atoms with Crippen molar-refractivity contribution in [3.63, 3.8) is 0 Å². The second kappa shape index (κ2) is 5.30. The van der Waals surface area contributed by atoms with Gasteiger partial charge in [0, 0.05) is 17.1 Å². The van der Waals surface area contributed by atoms with Crippen LogP contribution in [0.25, 0.3) is 0 Å². The Kier molecular flexibility index (Phi) is 11.9. The van der Waals surface area contributed by atoms with Crippen LogP contribution in [0.1, 0.15) is 1.43 Å². The fourth-order valence-electron chi connectivity index (χ4n) is 0. The Balaban J connectivity index is -0.0000000267. The van der Waals surface area contributed by atoms with Crippen molar-refractivity contribution in [2.75, 3.05) is 0 Å². The van der Waals surface area contributed by atoms with Crippen molar-refractivity contribution in [1.29, 1.82) is 0 Å². The van der Waals surface area contributed by atoms with Gasteiger partial charge in [0.2, 0.25) is 0 Å². The van der Waals surface area contributed by atoms with Gasteiger partial charge < -0.3 is 1.43 Å². The summed E-state index contributed by atoms with van der Waals surface area (Å²) in [6.45, 7) is 0. The van der Waals surface area contributed by atoms with Crippen LogP contribution >= 0.6 is 0 Å². The summed E-state index contributed by atoms with van der Waals surface area (Å²) in [5.74, 6) is 0. The quantitative estimate of drug-likeness (QED) is 0.374. The van der Waals surface area contributed by atoms with Crippen LogP contribution in [0.5, 0.6) is 0 Å². The van der Waals surface area contributed by atoms with Crippen LogP contribution in [0.3, 0.4) is 0 Å². The van der Waals surface area contributed by atoms with Crippen molar-refractivity contribution in [2.24, 2.45) is 0 Å². The van der Waals surface area contributed by atoms with Crippen LogP contribution in [0, 0.1) is 0 Å². The van der Waals surface area contributed by atoms with Gasteiger partial charge in [-0.1, -0.05) is 0 Å². The molecule has 0 bridgehead atoms. The molecule has 0 aromatic carbocycles. The van der Waals surface area contributed by atoms with Gasteiger partial charge in [0.1, 0.15) is 0 Å². The second-order valence-corrected chi connectivity index (χ2v) is 1.71. The molecule has 43 valence electrons. The summed E-state index contributed by atoms with van der Waals surface area (Å²) in [5, 5.41) is 0. The minimum absolute atomic E-state index is 0. The van der Waals surface area contributed by atoms with Crippen molar-refractivity contribution in [3.05, 3.63) is 0 Å². The normalized spacial score (nSPS) is 8.29. The third-order valence-electron chi connectivity index (χ3n) is 0. The first kappa shape index (κ1) is 15.7. The molecule has 0 amide bonds. The van der Waals surface area contributed by atoms with E-state index >= 15 is 0 Å². The topological polar surface area (TPSA) is 74.6 Å². The van der Waals surface area contributed by atoms with Gasteiger partial charge in [0.15, 0.2) is 0 Å². The van der Waals surface area contributed by atoms with E-state index in [9.17, 15) is 0 Å². The predicted molar refractivity (Wildman–Crippen MR) is 6.92 cm³/mol. The van der Waals surface area contributed by atoms with E-state index in [1.165, 1.54) is 0 Å². The van der Waals surface area contributed by atoms with Gasteiger partial charge in [-0.05, 0) is 0 Å². The molecule has 0 aliphatic carbocycles. The van der Waals surface area contributed by atoms with Crippen LogP contribution in [-0.2, 0) is 38.1 Å². The molecule has 0 aliphatic heterocycles. The first-order valence-electron chi connectivity index (χ1n) is 0.647. The Bertz CT molecular complexity index is 99.2. The summed E-state index contributed by atoms with van der Waals surface area (Å²) < 4.78 is 31.8. The SMILES string of the molecule is [Fe].[H-].[Li+].[O]=[Mn](=[O])([OH])[OH]. The first-order chi connectivity index (χ1) is 2.00. The Morgan fingerprint density at radius 3 is 1.29 bits per heavy atom. The van der Waals surface area contributed by atoms with Gasteiger partial charge >= 0.3 is 48.3 Å². The first-order valence-corrected chi connectivity index (χ1v) is 2.67. The van der Waals surface area contributed by atoms with Crippen molar-refractivity contribution in [3.8, 4) is 0 Å². The summed E-state index contributed by atoms with van der Waals surface area (Å²) in [6, 6.07) is 0. The van der Waals surface area contributed by atoms with Gasteiger partial charge in [-0.25, -0.2) is 0 Å². The zero-order chi connectivity index (χ0) is 4.50. The zero-order valence-electron chi connectivity index (χ0n) is 4.44. The Hall–Kier alpha value is 1.16. The fourth-order valence-corrected chi connectivity index (χ4v) is 0. The van der Waals surface area contributed by atoms with E-state index in [1.807, 2.05) is 0 Å². The van der Waals surface area contributed by atoms with Gasteiger partial charge in [-0.2, -0.15) is 0 Å². The molecular weight excluding hydrogens is 182 g/mol. The van der Waals surface area contributed by atoms with Crippen LogP contribution in [-0.4, -0.2) is 8.38 Å². The molecule has 0 radical (unpaired) electrons. The maximum absolute atomic E-state index is 8.80. The molecule has 0 aromatic rings. The van der Waals surface area contributed by atoms with Gasteiger partial charge in [-0.3, -0.25) is 0 Å². The Morgan fingerprint density at radius 1 is 1.29 bits per heavy atom. The van der Waals surface area contributed by atoms with E-state index in [2.05, 4.69) is 0 Å². The maximum atomic E-state index is 8.80. The fraction of sp³-hybridized carbons (Fsp3) is 0. The molecular formula is H3FeLiMnO4. The van der Waals surface area contributed by atoms with E-state index < -0.39 is 13.4 Å². The third kappa shape index (κ3) is 142. The van der Waals surface area contributed by atoms with E-state index in [0.717, 1.165) is 0 Å². The number of rotatable bonds is 0. The minimum atomic E-state index is -5.12. The molecule has 4 nitrogen and oxygen atoms in total. The predicted octanol–water partition coefficient (Wildman–Crippen LogP) is -4.24. The average molecular weight is 185 g/mol. The third-order valence-corrected chi connectivity index (χ3v) is 0. The molecule has 0 fully saturated rings. The van der Waals surface area contributed by atoms with Crippen LogP contribution in [0.15, 0.2) is 0 Å². The molecule has 0 saturated heterocycles. The van der Waals surface area contributed by atoms with Crippen molar-refractivity contribution < 1.29 is 66.8 Å². The van der Waals surface area contributed by atoms with Gasteiger partial charge in [0.25, 0.3) is 0 Å². The van der Waals surface area contributed by atoms with Crippen molar-refractivity contribution >= 4 is 0 Å². The molecule has 0 saturated carbocycles. The van der Waals surface area contributed by atoms with E-state index in [-0.39, 0.29) is 37.4 Å². The Labute approximate surface area is 66.7 Å². The standard InChI is InChI=1S/Fe.Li.Mn.2H2O.2O.H/h;;;2*1H2;;;/q;+1;+2;;;;;-1/p-2. The van der Waals surface area contributed by atoms with Crippen LogP contribution < -0.4 is 18.9 Å². The molecule has 0 unspecified atom stereocenters. The molecule has 0 rings (SSSR count). The Morgan fingerprint density at radius 2 is 1.29 bits per heavy atom. The molecule has 0 atom stereocenters. The summed E-state index contributed by atoms with van der Waals surface area (Å²) >= 11 is -5.12. The van der Waals surface area contributed by atoms with Gasteiger partial charge in [-0.15, -0.1) is 0 Å². The summed E-state index contributed by atoms with van der Waals surface area (Å²) in [7, 11) is 0. The van der Waals surface area contributed by atoms with Crippen molar-refractivity contribution in [2.45, 2.75) is 0 Å². The molecule has 0 aliphatic rings. The molecule has 2 N–H and O–H groups in total.